The van der Waals surface area contributed by atoms with E-state index in [1.807, 2.05) is 6.92 Å². The molecule has 1 spiro atoms. The van der Waals surface area contributed by atoms with E-state index in [-0.39, 0.29) is 88.5 Å². The van der Waals surface area contributed by atoms with Crippen LogP contribution in [-0.4, -0.2) is 263 Å². The largest absolute Gasteiger partial charge is 0.393 e. The fraction of sp³-hybridized carbons (Fsp3) is 0.836. The van der Waals surface area contributed by atoms with Crippen LogP contribution in [0.3, 0.4) is 0 Å². The van der Waals surface area contributed by atoms with Crippen molar-refractivity contribution in [2.45, 2.75) is 267 Å². The van der Waals surface area contributed by atoms with Gasteiger partial charge in [-0.2, -0.15) is 13.2 Å². The van der Waals surface area contributed by atoms with Crippen molar-refractivity contribution >= 4 is 82.5 Å². The van der Waals surface area contributed by atoms with Gasteiger partial charge in [0.2, 0.25) is 70.9 Å². The number of carbonyl (C=O) groups is 12. The molecule has 0 aromatic heterocycles. The Morgan fingerprint density at radius 1 is 0.554 bits per heavy atom. The number of likely N-dealkylation sites (N-methyl/N-ethyl adjacent to an activating group) is 7. The molecule has 3 N–H and O–H groups in total. The Morgan fingerprint density at radius 2 is 1.12 bits per heavy atom. The summed E-state index contributed by atoms with van der Waals surface area (Å²) in [4.78, 5) is 191. The van der Waals surface area contributed by atoms with E-state index in [0.717, 1.165) is 80.4 Å². The average Bonchev–Trinajstić information content (AvgIpc) is 1.77. The molecule has 7 aliphatic rings. The van der Waals surface area contributed by atoms with E-state index in [1.54, 1.807) is 25.7 Å². The SMILES string of the molecule is CC[C@H](C)[C@@H]1NC(=O)[C@H](CC2CCCCC2)N(C)C(=O)C[C@@H](C(=O)N2CCCCC2)N(C)C(=O)[C@H](C(C)C)N(C)C(=O)C2(CCCC2)NC(=O)[C@@H]2CCCN2C(=O)[C@H](CCC2CCC(C(F)(F)F)C(Cl)C2)NC(=O)CN(C)C(=O)[C@H](CC2CCCCC2)N(C)C(=O)CN(C)C(=O)CN(C)C1=O. The highest BCUT2D eigenvalue weighted by Crippen LogP contribution is 2.44. The summed E-state index contributed by atoms with van der Waals surface area (Å²) in [5.74, 6) is -10.5. The van der Waals surface area contributed by atoms with Gasteiger partial charge in [-0.15, -0.1) is 11.6 Å². The standard InChI is InChI=1S/C73H118ClF3N12O12/c1-12-47(4)62-69(99)83(7)44-60(92)81(5)45-61(93)85(9)56(41-49-27-18-14-19-28-49)67(97)82(6)43-58(90)78-53(33-31-50-30-32-51(52(74)39-50)73(75,76)77)66(96)89-38-24-29-54(89)65(95)80-72(34-20-21-35-72)71(101)87(11)63(46(2)3)70(100)86(10)57(68(98)88-36-22-15-23-37-88)42-59(91)84(8)55(64(94)79-62)40-48-25-16-13-17-26-48/h46-57,62-63H,12-45H2,1-11H3,(H,78,90)(H,79,94)(H,80,95)/t47-,50?,51?,52?,53-,54-,55-,56-,57-,62-,63-/m0/s1. The quantitative estimate of drug-likeness (QED) is 0.188. The van der Waals surface area contributed by atoms with Crippen molar-refractivity contribution in [1.29, 1.82) is 0 Å². The van der Waals surface area contributed by atoms with Gasteiger partial charge in [-0.3, -0.25) is 57.5 Å². The number of carbonyl (C=O) groups excluding carboxylic acids is 12. The van der Waals surface area contributed by atoms with Crippen molar-refractivity contribution in [3.63, 3.8) is 0 Å². The zero-order valence-electron chi connectivity index (χ0n) is 62.1. The van der Waals surface area contributed by atoms with Gasteiger partial charge in [0, 0.05) is 74.3 Å². The number of hydrogen-bond donors (Lipinski definition) is 3. The van der Waals surface area contributed by atoms with Crippen molar-refractivity contribution < 1.29 is 70.7 Å². The first-order chi connectivity index (χ1) is 47.7. The molecule has 12 amide bonds. The van der Waals surface area contributed by atoms with Gasteiger partial charge in [0.05, 0.1) is 32.0 Å². The van der Waals surface area contributed by atoms with Gasteiger partial charge in [-0.1, -0.05) is 111 Å². The summed E-state index contributed by atoms with van der Waals surface area (Å²) in [5, 5.41) is 7.65. The molecule has 11 atom stereocenters. The molecule has 570 valence electrons. The average molecular weight is 1450 g/mol. The van der Waals surface area contributed by atoms with Crippen molar-refractivity contribution in [3.8, 4) is 0 Å². The Hall–Kier alpha value is -6.28. The van der Waals surface area contributed by atoms with Crippen LogP contribution in [0.15, 0.2) is 0 Å². The van der Waals surface area contributed by atoms with Crippen LogP contribution in [0.2, 0.25) is 0 Å². The molecule has 7 fully saturated rings. The minimum Gasteiger partial charge on any atom is -0.343 e. The summed E-state index contributed by atoms with van der Waals surface area (Å²) < 4.78 is 42.0. The smallest absolute Gasteiger partial charge is 0.343 e. The first-order valence-corrected chi connectivity index (χ1v) is 38.1. The van der Waals surface area contributed by atoms with Gasteiger partial charge in [-0.05, 0) is 119 Å². The molecule has 3 unspecified atom stereocenters. The van der Waals surface area contributed by atoms with Gasteiger partial charge < -0.3 is 60.0 Å². The van der Waals surface area contributed by atoms with Gasteiger partial charge in [0.1, 0.15) is 47.8 Å². The zero-order valence-corrected chi connectivity index (χ0v) is 62.8. The monoisotopic (exact) mass is 1450 g/mol. The summed E-state index contributed by atoms with van der Waals surface area (Å²) in [6.07, 6.45) is 8.92. The normalized spacial score (nSPS) is 29.9. The third-order valence-electron chi connectivity index (χ3n) is 23.6. The van der Waals surface area contributed by atoms with E-state index in [2.05, 4.69) is 16.0 Å². The van der Waals surface area contributed by atoms with Crippen molar-refractivity contribution in [2.75, 3.05) is 88.6 Å². The third-order valence-corrected chi connectivity index (χ3v) is 24.1. The van der Waals surface area contributed by atoms with Crippen molar-refractivity contribution in [1.82, 2.24) is 60.0 Å². The maximum Gasteiger partial charge on any atom is 0.393 e. The molecule has 28 heteroatoms. The summed E-state index contributed by atoms with van der Waals surface area (Å²) >= 11 is 6.40. The molecule has 101 heavy (non-hydrogen) atoms. The highest BCUT2D eigenvalue weighted by Gasteiger charge is 2.52. The minimum absolute atomic E-state index is 0.000943. The number of halogens is 4. The molecule has 0 radical (unpaired) electrons. The summed E-state index contributed by atoms with van der Waals surface area (Å²) in [6, 6.07) is -8.56. The first-order valence-electron chi connectivity index (χ1n) is 37.7. The second-order valence-electron chi connectivity index (χ2n) is 31.2. The zero-order chi connectivity index (χ0) is 74.4. The predicted molar refractivity (Wildman–Crippen MR) is 375 cm³/mol. The molecule has 24 nitrogen and oxygen atoms in total. The van der Waals surface area contributed by atoms with E-state index in [1.165, 1.54) is 78.7 Å². The summed E-state index contributed by atoms with van der Waals surface area (Å²) in [7, 11) is 10.1. The maximum atomic E-state index is 15.5. The van der Waals surface area contributed by atoms with Gasteiger partial charge in [0.25, 0.3) is 0 Å². The molecule has 0 aromatic carbocycles. The Morgan fingerprint density at radius 3 is 1.69 bits per heavy atom. The number of likely N-dealkylation sites (tertiary alicyclic amines) is 1. The lowest BCUT2D eigenvalue weighted by Gasteiger charge is -2.42. The fourth-order valence-corrected chi connectivity index (χ4v) is 17.4. The third kappa shape index (κ3) is 21.0. The van der Waals surface area contributed by atoms with E-state index in [0.29, 0.717) is 51.6 Å². The van der Waals surface area contributed by atoms with Gasteiger partial charge >= 0.3 is 6.18 Å². The lowest BCUT2D eigenvalue weighted by atomic mass is 9.78. The van der Waals surface area contributed by atoms with Crippen LogP contribution < -0.4 is 16.0 Å². The van der Waals surface area contributed by atoms with Crippen molar-refractivity contribution in [3.05, 3.63) is 0 Å². The Labute approximate surface area is 601 Å². The van der Waals surface area contributed by atoms with Gasteiger partial charge in [-0.25, -0.2) is 0 Å². The van der Waals surface area contributed by atoms with Crippen LogP contribution in [0.4, 0.5) is 13.2 Å². The summed E-state index contributed by atoms with van der Waals surface area (Å²) in [6.45, 7) is 6.37. The number of alkyl halides is 4. The maximum absolute atomic E-state index is 15.5. The molecule has 0 aromatic rings. The van der Waals surface area contributed by atoms with Crippen LogP contribution in [0.1, 0.15) is 207 Å². The molecule has 7 rings (SSSR count). The van der Waals surface area contributed by atoms with Gasteiger partial charge in [0.15, 0.2) is 0 Å². The molecular weight excluding hydrogens is 1330 g/mol. The Kier molecular flexibility index (Phi) is 30.0. The number of nitrogens with one attached hydrogen (secondary N) is 3. The molecule has 3 heterocycles. The Bertz CT molecular complexity index is 2920. The molecule has 4 saturated carbocycles. The Balaban J connectivity index is 1.26. The molecule has 3 aliphatic heterocycles. The number of fused-ring (bicyclic) bond motifs is 1. The van der Waals surface area contributed by atoms with Crippen LogP contribution in [-0.2, 0) is 57.5 Å². The van der Waals surface area contributed by atoms with E-state index >= 15 is 33.6 Å². The lowest BCUT2D eigenvalue weighted by Crippen LogP contribution is -2.65. The number of piperidine rings is 1. The predicted octanol–water partition coefficient (Wildman–Crippen LogP) is 6.48. The fourth-order valence-electron chi connectivity index (χ4n) is 16.9. The molecule has 3 saturated heterocycles. The second-order valence-corrected chi connectivity index (χ2v) is 31.8. The van der Waals surface area contributed by atoms with Crippen LogP contribution in [0.25, 0.3) is 0 Å². The van der Waals surface area contributed by atoms with Crippen LogP contribution in [0.5, 0.6) is 0 Å². The van der Waals surface area contributed by atoms with Crippen molar-refractivity contribution in [2.24, 2.45) is 35.5 Å². The number of amides is 12. The number of nitrogens with zero attached hydrogens (tertiary/aromatic N) is 9. The van der Waals surface area contributed by atoms with E-state index in [9.17, 15) is 37.1 Å². The number of rotatable bonds is 11. The highest BCUT2D eigenvalue weighted by atomic mass is 35.5. The van der Waals surface area contributed by atoms with E-state index < -0.39 is 174 Å². The minimum atomic E-state index is -4.51. The van der Waals surface area contributed by atoms with Crippen LogP contribution in [0, 0.1) is 35.5 Å². The molecule has 4 aliphatic carbocycles. The summed E-state index contributed by atoms with van der Waals surface area (Å²) in [5.41, 5.74) is -1.56. The molecule has 0 bridgehead atoms. The van der Waals surface area contributed by atoms with Crippen LogP contribution >= 0.6 is 11.6 Å². The number of hydrogen-bond acceptors (Lipinski definition) is 12. The van der Waals surface area contributed by atoms with E-state index in [4.69, 9.17) is 11.6 Å². The highest BCUT2D eigenvalue weighted by molar-refractivity contribution is 6.21. The lowest BCUT2D eigenvalue weighted by molar-refractivity contribution is -0.182. The molecular formula is C73H118ClF3N12O12. The first kappa shape index (κ1) is 82.0. The topological polar surface area (TPSA) is 270 Å². The second kappa shape index (κ2) is 36.9.